The van der Waals surface area contributed by atoms with Crippen molar-refractivity contribution < 1.29 is 4.74 Å². The second-order valence-electron chi connectivity index (χ2n) is 4.08. The van der Waals surface area contributed by atoms with Gasteiger partial charge in [0.1, 0.15) is 12.1 Å². The minimum absolute atomic E-state index is 0.489. The third kappa shape index (κ3) is 2.44. The fraction of sp³-hybridized carbons (Fsp3) is 0.0667. The van der Waals surface area contributed by atoms with Gasteiger partial charge in [0.15, 0.2) is 0 Å². The molecular weight excluding hydrogens is 238 g/mol. The Bertz CT molecular complexity index is 778. The summed E-state index contributed by atoms with van der Waals surface area (Å²) in [5.41, 5.74) is 0.965. The third-order valence-corrected chi connectivity index (χ3v) is 2.75. The highest BCUT2D eigenvalue weighted by atomic mass is 16.5. The van der Waals surface area contributed by atoms with Crippen LogP contribution in [0.4, 0.5) is 0 Å². The maximum Gasteiger partial charge on any atom is 0.230 e. The van der Waals surface area contributed by atoms with Gasteiger partial charge in [-0.2, -0.15) is 4.99 Å². The summed E-state index contributed by atoms with van der Waals surface area (Å²) in [5, 5.41) is 1.75. The lowest BCUT2D eigenvalue weighted by Crippen LogP contribution is -2.28. The molecule has 0 saturated carbocycles. The summed E-state index contributed by atoms with van der Waals surface area (Å²) < 4.78 is 5.66. The second-order valence-corrected chi connectivity index (χ2v) is 4.08. The van der Waals surface area contributed by atoms with Crippen LogP contribution in [-0.2, 0) is 4.74 Å². The van der Waals surface area contributed by atoms with Gasteiger partial charge in [-0.25, -0.2) is 9.97 Å². The summed E-state index contributed by atoms with van der Waals surface area (Å²) in [4.78, 5) is 12.4. The SMILES string of the molecule is C=C1/C=c2/ncnc/c2=C/CC2=C(N=C=CC=C2)O1. The smallest absolute Gasteiger partial charge is 0.230 e. The van der Waals surface area contributed by atoms with Crippen molar-refractivity contribution in [3.8, 4) is 0 Å². The Labute approximate surface area is 110 Å². The molecular formula is C15H11N3O. The number of rotatable bonds is 0. The number of hydrogen-bond donors (Lipinski definition) is 0. The lowest BCUT2D eigenvalue weighted by atomic mass is 10.1. The number of allylic oxidation sites excluding steroid dienone is 5. The van der Waals surface area contributed by atoms with Crippen LogP contribution in [0.5, 0.6) is 0 Å². The predicted molar refractivity (Wildman–Crippen MR) is 73.2 cm³/mol. The van der Waals surface area contributed by atoms with Crippen molar-refractivity contribution in [1.29, 1.82) is 0 Å². The molecule has 0 atom stereocenters. The molecule has 0 amide bonds. The van der Waals surface area contributed by atoms with E-state index in [1.54, 1.807) is 18.3 Å². The molecule has 1 aromatic rings. The van der Waals surface area contributed by atoms with Crippen LogP contribution in [0, 0.1) is 0 Å². The summed E-state index contributed by atoms with van der Waals surface area (Å²) in [6.07, 6.45) is 13.4. The van der Waals surface area contributed by atoms with E-state index in [0.29, 0.717) is 18.1 Å². The van der Waals surface area contributed by atoms with Crippen molar-refractivity contribution in [2.24, 2.45) is 4.99 Å². The number of hydrogen-bond acceptors (Lipinski definition) is 4. The van der Waals surface area contributed by atoms with Crippen LogP contribution in [0.2, 0.25) is 0 Å². The number of ether oxygens (including phenoxy) is 1. The Morgan fingerprint density at radius 1 is 1.37 bits per heavy atom. The molecule has 4 nitrogen and oxygen atoms in total. The Hall–Kier alpha value is -2.71. The van der Waals surface area contributed by atoms with Gasteiger partial charge in [0.05, 0.1) is 5.35 Å². The van der Waals surface area contributed by atoms with E-state index in [0.717, 1.165) is 16.1 Å². The van der Waals surface area contributed by atoms with Crippen LogP contribution in [0.1, 0.15) is 6.42 Å². The summed E-state index contributed by atoms with van der Waals surface area (Å²) in [5.74, 6) is 3.80. The molecule has 19 heavy (non-hydrogen) atoms. The van der Waals surface area contributed by atoms with E-state index < -0.39 is 0 Å². The van der Waals surface area contributed by atoms with Gasteiger partial charge < -0.3 is 4.74 Å². The van der Waals surface area contributed by atoms with E-state index in [4.69, 9.17) is 4.74 Å². The highest BCUT2D eigenvalue weighted by molar-refractivity contribution is 5.59. The molecule has 0 N–H and O–H groups in total. The highest BCUT2D eigenvalue weighted by Gasteiger charge is 2.08. The molecule has 0 unspecified atom stereocenters. The van der Waals surface area contributed by atoms with Crippen LogP contribution >= 0.6 is 0 Å². The summed E-state index contributed by atoms with van der Waals surface area (Å²) in [6, 6.07) is 0. The van der Waals surface area contributed by atoms with E-state index in [1.165, 1.54) is 6.33 Å². The van der Waals surface area contributed by atoms with Crippen LogP contribution in [0.25, 0.3) is 12.2 Å². The fourth-order valence-electron chi connectivity index (χ4n) is 1.84. The summed E-state index contributed by atoms with van der Waals surface area (Å²) >= 11 is 0. The first-order chi connectivity index (χ1) is 9.33. The zero-order valence-corrected chi connectivity index (χ0v) is 10.2. The molecule has 3 heterocycles. The largest absolute Gasteiger partial charge is 0.439 e. The first kappa shape index (κ1) is 11.4. The molecule has 3 rings (SSSR count). The van der Waals surface area contributed by atoms with Crippen LogP contribution in [0.3, 0.4) is 0 Å². The molecule has 0 saturated heterocycles. The standard InChI is InChI=1S/C15H11N3O/c1-11-8-14-13(9-16-10-18-14)6-5-12-4-2-3-7-17-15(12)19-11/h2-4,6,8-10H,1,5H2/b13-6-,14-8+. The minimum atomic E-state index is 0.489. The average molecular weight is 249 g/mol. The summed E-state index contributed by atoms with van der Waals surface area (Å²) in [7, 11) is 0. The Kier molecular flexibility index (Phi) is 2.93. The van der Waals surface area contributed by atoms with Gasteiger partial charge in [0, 0.05) is 23.1 Å². The highest BCUT2D eigenvalue weighted by Crippen LogP contribution is 2.19. The molecule has 0 spiro atoms. The maximum atomic E-state index is 5.66. The molecule has 0 aliphatic carbocycles. The number of aromatic nitrogens is 2. The van der Waals surface area contributed by atoms with Gasteiger partial charge in [0.2, 0.25) is 5.88 Å². The van der Waals surface area contributed by atoms with Crippen molar-refractivity contribution in [2.75, 3.05) is 0 Å². The maximum absolute atomic E-state index is 5.66. The Morgan fingerprint density at radius 2 is 2.32 bits per heavy atom. The van der Waals surface area contributed by atoms with Gasteiger partial charge in [-0.15, -0.1) is 0 Å². The topological polar surface area (TPSA) is 47.4 Å². The zero-order valence-electron chi connectivity index (χ0n) is 10.2. The molecule has 2 aliphatic rings. The number of nitrogens with zero attached hydrogens (tertiary/aromatic N) is 3. The second kappa shape index (κ2) is 4.88. The van der Waals surface area contributed by atoms with E-state index in [2.05, 4.69) is 27.4 Å². The van der Waals surface area contributed by atoms with Gasteiger partial charge in [0.25, 0.3) is 0 Å². The first-order valence-corrected chi connectivity index (χ1v) is 5.87. The number of aliphatic imine (C=N–C) groups is 1. The van der Waals surface area contributed by atoms with Crippen LogP contribution in [0.15, 0.2) is 59.5 Å². The Balaban J connectivity index is 2.18. The van der Waals surface area contributed by atoms with E-state index in [1.807, 2.05) is 18.2 Å². The minimum Gasteiger partial charge on any atom is -0.439 e. The predicted octanol–water partition coefficient (Wildman–Crippen LogP) is 0.979. The van der Waals surface area contributed by atoms with Crippen molar-refractivity contribution in [2.45, 2.75) is 6.42 Å². The normalized spacial score (nSPS) is 20.5. The van der Waals surface area contributed by atoms with Crippen molar-refractivity contribution >= 4 is 18.0 Å². The number of fused-ring (bicyclic) bond motifs is 1. The van der Waals surface area contributed by atoms with Gasteiger partial charge >= 0.3 is 0 Å². The lowest BCUT2D eigenvalue weighted by molar-refractivity contribution is 0.321. The monoisotopic (exact) mass is 249 g/mol. The van der Waals surface area contributed by atoms with Crippen LogP contribution in [-0.4, -0.2) is 15.8 Å². The Morgan fingerprint density at radius 3 is 3.26 bits per heavy atom. The van der Waals surface area contributed by atoms with E-state index in [-0.39, 0.29) is 0 Å². The first-order valence-electron chi connectivity index (χ1n) is 5.87. The molecule has 2 aliphatic heterocycles. The quantitative estimate of drug-likeness (QED) is 0.688. The van der Waals surface area contributed by atoms with Crippen molar-refractivity contribution in [3.63, 3.8) is 0 Å². The van der Waals surface area contributed by atoms with Gasteiger partial charge in [-0.3, -0.25) is 0 Å². The molecule has 0 aromatic carbocycles. The van der Waals surface area contributed by atoms with Crippen molar-refractivity contribution in [3.05, 3.63) is 65.1 Å². The van der Waals surface area contributed by atoms with E-state index >= 15 is 0 Å². The molecule has 1 aromatic heterocycles. The van der Waals surface area contributed by atoms with Crippen LogP contribution < -0.4 is 10.6 Å². The molecule has 92 valence electrons. The third-order valence-electron chi connectivity index (χ3n) is 2.75. The molecule has 0 bridgehead atoms. The molecule has 0 radical (unpaired) electrons. The average Bonchev–Trinajstić information content (AvgIpc) is 2.59. The molecule has 0 fully saturated rings. The van der Waals surface area contributed by atoms with Gasteiger partial charge in [-0.05, 0) is 18.4 Å². The fourth-order valence-corrected chi connectivity index (χ4v) is 1.84. The lowest BCUT2D eigenvalue weighted by Gasteiger charge is -2.06. The molecule has 4 heteroatoms. The zero-order chi connectivity index (χ0) is 13.1. The summed E-state index contributed by atoms with van der Waals surface area (Å²) in [6.45, 7) is 3.87. The van der Waals surface area contributed by atoms with Gasteiger partial charge in [-0.1, -0.05) is 24.8 Å². The van der Waals surface area contributed by atoms with Crippen molar-refractivity contribution in [1.82, 2.24) is 9.97 Å². The van der Waals surface area contributed by atoms with E-state index in [9.17, 15) is 0 Å².